The molecule has 0 radical (unpaired) electrons. The molecule has 3 rings (SSSR count). The molecule has 0 unspecified atom stereocenters. The van der Waals surface area contributed by atoms with Crippen LogP contribution in [-0.2, 0) is 11.3 Å². The van der Waals surface area contributed by atoms with E-state index in [0.717, 1.165) is 25.0 Å². The number of hydrogen-bond donors (Lipinski definition) is 2. The van der Waals surface area contributed by atoms with E-state index in [0.29, 0.717) is 18.7 Å². The van der Waals surface area contributed by atoms with Crippen molar-refractivity contribution in [2.75, 3.05) is 19.7 Å². The molecule has 2 aliphatic rings. The number of nitrogens with one attached hydrogen (secondary N) is 1. The van der Waals surface area contributed by atoms with E-state index in [1.165, 1.54) is 0 Å². The Balaban J connectivity index is 1.63. The molecule has 1 aliphatic carbocycles. The first-order valence-corrected chi connectivity index (χ1v) is 7.75. The standard InChI is InChI=1S/C16H19F3N2O2/c17-12-3-9(4-13(18)15(12)19)5-21-6-11(8-22)14(7-21)20-16(23)10-1-2-10/h3-4,10-11,14,22H,1-2,5-8H2,(H,20,23)/t11-,14+/m0/s1. The summed E-state index contributed by atoms with van der Waals surface area (Å²) in [5.74, 6) is -3.92. The molecule has 2 atom stereocenters. The fraction of sp³-hybridized carbons (Fsp3) is 0.562. The Labute approximate surface area is 132 Å². The zero-order valence-corrected chi connectivity index (χ0v) is 12.6. The molecular weight excluding hydrogens is 309 g/mol. The third-order valence-corrected chi connectivity index (χ3v) is 4.48. The van der Waals surface area contributed by atoms with Gasteiger partial charge in [-0.1, -0.05) is 0 Å². The minimum Gasteiger partial charge on any atom is -0.396 e. The summed E-state index contributed by atoms with van der Waals surface area (Å²) in [7, 11) is 0. The van der Waals surface area contributed by atoms with Crippen LogP contribution in [0.25, 0.3) is 0 Å². The van der Waals surface area contributed by atoms with Crippen LogP contribution in [0.15, 0.2) is 12.1 Å². The highest BCUT2D eigenvalue weighted by atomic mass is 19.2. The largest absolute Gasteiger partial charge is 0.396 e. The molecule has 1 aromatic rings. The molecular formula is C16H19F3N2O2. The number of halogens is 3. The molecule has 23 heavy (non-hydrogen) atoms. The van der Waals surface area contributed by atoms with Crippen molar-refractivity contribution >= 4 is 5.91 Å². The molecule has 4 nitrogen and oxygen atoms in total. The number of hydrogen-bond acceptors (Lipinski definition) is 3. The Hall–Kier alpha value is -1.60. The molecule has 1 saturated carbocycles. The summed E-state index contributed by atoms with van der Waals surface area (Å²) in [6.07, 6.45) is 1.81. The number of likely N-dealkylation sites (tertiary alicyclic amines) is 1. The molecule has 0 bridgehead atoms. The third kappa shape index (κ3) is 3.67. The maximum Gasteiger partial charge on any atom is 0.223 e. The molecule has 1 aromatic carbocycles. The maximum atomic E-state index is 13.3. The van der Waals surface area contributed by atoms with Gasteiger partial charge in [0.15, 0.2) is 17.5 Å². The van der Waals surface area contributed by atoms with Crippen molar-refractivity contribution in [3.8, 4) is 0 Å². The van der Waals surface area contributed by atoms with E-state index in [1.807, 2.05) is 4.90 Å². The highest BCUT2D eigenvalue weighted by Crippen LogP contribution is 2.30. The lowest BCUT2D eigenvalue weighted by atomic mass is 10.1. The third-order valence-electron chi connectivity index (χ3n) is 4.48. The molecule has 2 N–H and O–H groups in total. The van der Waals surface area contributed by atoms with E-state index in [9.17, 15) is 23.1 Å². The normalized spacial score (nSPS) is 24.9. The van der Waals surface area contributed by atoms with E-state index in [4.69, 9.17) is 0 Å². The van der Waals surface area contributed by atoms with Crippen molar-refractivity contribution < 1.29 is 23.1 Å². The van der Waals surface area contributed by atoms with Crippen molar-refractivity contribution in [2.24, 2.45) is 11.8 Å². The Morgan fingerprint density at radius 1 is 1.22 bits per heavy atom. The number of aliphatic hydroxyl groups is 1. The lowest BCUT2D eigenvalue weighted by molar-refractivity contribution is -0.123. The summed E-state index contributed by atoms with van der Waals surface area (Å²) in [5, 5.41) is 12.4. The highest BCUT2D eigenvalue weighted by molar-refractivity contribution is 5.81. The molecule has 1 saturated heterocycles. The van der Waals surface area contributed by atoms with Gasteiger partial charge < -0.3 is 10.4 Å². The molecule has 1 heterocycles. The fourth-order valence-electron chi connectivity index (χ4n) is 3.04. The fourth-order valence-corrected chi connectivity index (χ4v) is 3.04. The van der Waals surface area contributed by atoms with Crippen LogP contribution < -0.4 is 5.32 Å². The summed E-state index contributed by atoms with van der Waals surface area (Å²) in [6.45, 7) is 1.16. The summed E-state index contributed by atoms with van der Waals surface area (Å²) < 4.78 is 39.5. The van der Waals surface area contributed by atoms with Gasteiger partial charge in [-0.2, -0.15) is 0 Å². The number of nitrogens with zero attached hydrogens (tertiary/aromatic N) is 1. The van der Waals surface area contributed by atoms with Gasteiger partial charge in [-0.15, -0.1) is 0 Å². The van der Waals surface area contributed by atoms with Gasteiger partial charge in [0.1, 0.15) is 0 Å². The summed E-state index contributed by atoms with van der Waals surface area (Å²) in [6, 6.07) is 1.77. The minimum atomic E-state index is -1.47. The first-order valence-electron chi connectivity index (χ1n) is 7.75. The first-order chi connectivity index (χ1) is 11.0. The zero-order chi connectivity index (χ0) is 16.6. The van der Waals surface area contributed by atoms with Crippen LogP contribution in [0, 0.1) is 29.3 Å². The van der Waals surface area contributed by atoms with Gasteiger partial charge in [-0.05, 0) is 30.5 Å². The van der Waals surface area contributed by atoms with Gasteiger partial charge >= 0.3 is 0 Å². The van der Waals surface area contributed by atoms with Crippen LogP contribution in [0.1, 0.15) is 18.4 Å². The summed E-state index contributed by atoms with van der Waals surface area (Å²) >= 11 is 0. The second-order valence-corrected chi connectivity index (χ2v) is 6.40. The van der Waals surface area contributed by atoms with Crippen molar-refractivity contribution in [3.63, 3.8) is 0 Å². The van der Waals surface area contributed by atoms with E-state index in [1.54, 1.807) is 0 Å². The van der Waals surface area contributed by atoms with Crippen LogP contribution >= 0.6 is 0 Å². The van der Waals surface area contributed by atoms with Crippen LogP contribution in [-0.4, -0.2) is 41.7 Å². The number of aliphatic hydroxyl groups excluding tert-OH is 1. The average molecular weight is 328 g/mol. The highest BCUT2D eigenvalue weighted by Gasteiger charge is 2.37. The van der Waals surface area contributed by atoms with Crippen molar-refractivity contribution in [1.82, 2.24) is 10.2 Å². The SMILES string of the molecule is O=C(N[C@@H]1CN(Cc2cc(F)c(F)c(F)c2)C[C@H]1CO)C1CC1. The van der Waals surface area contributed by atoms with Gasteiger partial charge in [-0.3, -0.25) is 9.69 Å². The Morgan fingerprint density at radius 3 is 2.43 bits per heavy atom. The van der Waals surface area contributed by atoms with Crippen molar-refractivity contribution in [2.45, 2.75) is 25.4 Å². The van der Waals surface area contributed by atoms with Gasteiger partial charge in [0.25, 0.3) is 0 Å². The van der Waals surface area contributed by atoms with Crippen molar-refractivity contribution in [3.05, 3.63) is 35.1 Å². The quantitative estimate of drug-likeness (QED) is 0.804. The number of carbonyl (C=O) groups excluding carboxylic acids is 1. The van der Waals surface area contributed by atoms with Crippen LogP contribution in [0.5, 0.6) is 0 Å². The van der Waals surface area contributed by atoms with E-state index >= 15 is 0 Å². The van der Waals surface area contributed by atoms with Crippen LogP contribution in [0.4, 0.5) is 13.2 Å². The van der Waals surface area contributed by atoms with Gasteiger partial charge in [0, 0.05) is 44.1 Å². The summed E-state index contributed by atoms with van der Waals surface area (Å²) in [5.41, 5.74) is 0.326. The van der Waals surface area contributed by atoms with E-state index in [-0.39, 0.29) is 36.9 Å². The van der Waals surface area contributed by atoms with Crippen LogP contribution in [0.2, 0.25) is 0 Å². The van der Waals surface area contributed by atoms with Crippen LogP contribution in [0.3, 0.4) is 0 Å². The second-order valence-electron chi connectivity index (χ2n) is 6.40. The van der Waals surface area contributed by atoms with Gasteiger partial charge in [0.05, 0.1) is 0 Å². The predicted molar refractivity (Wildman–Crippen MR) is 76.8 cm³/mol. The van der Waals surface area contributed by atoms with E-state index in [2.05, 4.69) is 5.32 Å². The van der Waals surface area contributed by atoms with Gasteiger partial charge in [0.2, 0.25) is 5.91 Å². The smallest absolute Gasteiger partial charge is 0.223 e. The molecule has 2 fully saturated rings. The predicted octanol–water partition coefficient (Wildman–Crippen LogP) is 1.42. The number of carbonyl (C=O) groups is 1. The molecule has 0 spiro atoms. The summed E-state index contributed by atoms with van der Waals surface area (Å²) in [4.78, 5) is 13.8. The zero-order valence-electron chi connectivity index (χ0n) is 12.6. The lowest BCUT2D eigenvalue weighted by Gasteiger charge is -2.18. The molecule has 126 valence electrons. The van der Waals surface area contributed by atoms with E-state index < -0.39 is 17.5 Å². The number of benzene rings is 1. The topological polar surface area (TPSA) is 52.6 Å². The molecule has 1 aliphatic heterocycles. The second kappa shape index (κ2) is 6.49. The minimum absolute atomic E-state index is 0.00849. The monoisotopic (exact) mass is 328 g/mol. The Bertz CT molecular complexity index is 584. The average Bonchev–Trinajstić information content (AvgIpc) is 3.28. The molecule has 1 amide bonds. The maximum absolute atomic E-state index is 13.3. The molecule has 7 heteroatoms. The first kappa shape index (κ1) is 16.3. The van der Waals surface area contributed by atoms with Crippen molar-refractivity contribution in [1.29, 1.82) is 0 Å². The number of rotatable bonds is 5. The van der Waals surface area contributed by atoms with Gasteiger partial charge in [-0.25, -0.2) is 13.2 Å². The Kier molecular flexibility index (Phi) is 4.59. The molecule has 0 aromatic heterocycles. The lowest BCUT2D eigenvalue weighted by Crippen LogP contribution is -2.42. The number of amides is 1. The Morgan fingerprint density at radius 2 is 1.87 bits per heavy atom.